The normalized spacial score (nSPS) is 22.8. The molecule has 9 nitrogen and oxygen atoms in total. The summed E-state index contributed by atoms with van der Waals surface area (Å²) in [5, 5.41) is 11.8. The van der Waals surface area contributed by atoms with E-state index >= 15 is 0 Å². The number of aliphatic carboxylic acids is 1. The van der Waals surface area contributed by atoms with Crippen LogP contribution >= 0.6 is 0 Å². The first kappa shape index (κ1) is 24.3. The molecule has 0 aromatic heterocycles. The Bertz CT molecular complexity index is 1380. The number of amides is 1. The van der Waals surface area contributed by atoms with Crippen molar-refractivity contribution in [2.24, 2.45) is 11.8 Å². The summed E-state index contributed by atoms with van der Waals surface area (Å²) in [5.41, 5.74) is 0.169. The first-order valence-corrected chi connectivity index (χ1v) is 12.0. The van der Waals surface area contributed by atoms with Gasteiger partial charge >= 0.3 is 18.0 Å². The molecule has 190 valence electrons. The van der Waals surface area contributed by atoms with E-state index in [1.807, 2.05) is 6.92 Å². The fraction of sp³-hybridized carbons (Fsp3) is 0.286. The van der Waals surface area contributed by atoms with Gasteiger partial charge in [-0.05, 0) is 30.2 Å². The van der Waals surface area contributed by atoms with E-state index in [1.54, 1.807) is 61.5 Å². The van der Waals surface area contributed by atoms with Crippen molar-refractivity contribution in [3.8, 4) is 5.75 Å². The summed E-state index contributed by atoms with van der Waals surface area (Å²) in [6, 6.07) is 12.9. The Hall–Kier alpha value is -4.40. The number of benzene rings is 2. The molecule has 2 N–H and O–H groups in total. The fourth-order valence-corrected chi connectivity index (χ4v) is 5.07. The van der Waals surface area contributed by atoms with E-state index in [0.29, 0.717) is 34.6 Å². The lowest BCUT2D eigenvalue weighted by Crippen LogP contribution is -2.48. The van der Waals surface area contributed by atoms with Crippen LogP contribution in [0.15, 0.2) is 72.0 Å². The molecule has 0 radical (unpaired) electrons. The van der Waals surface area contributed by atoms with Crippen LogP contribution in [0.2, 0.25) is 0 Å². The highest BCUT2D eigenvalue weighted by Gasteiger charge is 2.61. The summed E-state index contributed by atoms with van der Waals surface area (Å²) in [5.74, 6) is -2.72. The average Bonchev–Trinajstić information content (AvgIpc) is 3.18. The minimum Gasteiger partial charge on any atom is -0.480 e. The average molecular weight is 504 g/mol. The van der Waals surface area contributed by atoms with Gasteiger partial charge in [-0.2, -0.15) is 0 Å². The summed E-state index contributed by atoms with van der Waals surface area (Å²) in [6.45, 7) is 3.13. The van der Waals surface area contributed by atoms with Gasteiger partial charge in [0, 0.05) is 16.7 Å². The number of hydrogen-bond donors (Lipinski definition) is 2. The number of carbonyl (C=O) groups excluding carboxylic acids is 3. The largest absolute Gasteiger partial charge is 0.480 e. The smallest absolute Gasteiger partial charge is 0.408 e. The molecule has 1 spiro atoms. The van der Waals surface area contributed by atoms with Gasteiger partial charge in [0.2, 0.25) is 0 Å². The van der Waals surface area contributed by atoms with Crippen LogP contribution in [0.3, 0.4) is 0 Å². The van der Waals surface area contributed by atoms with E-state index in [0.717, 1.165) is 0 Å². The number of hydrogen-bond acceptors (Lipinski definition) is 7. The Kier molecular flexibility index (Phi) is 6.07. The van der Waals surface area contributed by atoms with E-state index in [2.05, 4.69) is 5.32 Å². The maximum absolute atomic E-state index is 13.9. The van der Waals surface area contributed by atoms with Crippen molar-refractivity contribution >= 4 is 23.8 Å². The van der Waals surface area contributed by atoms with Crippen LogP contribution in [-0.2, 0) is 24.7 Å². The van der Waals surface area contributed by atoms with Crippen LogP contribution in [0.1, 0.15) is 41.8 Å². The summed E-state index contributed by atoms with van der Waals surface area (Å²) >= 11 is 0. The molecule has 9 heteroatoms. The molecule has 0 bridgehead atoms. The van der Waals surface area contributed by atoms with Crippen molar-refractivity contribution in [3.63, 3.8) is 0 Å². The summed E-state index contributed by atoms with van der Waals surface area (Å²) in [7, 11) is 0. The predicted molar refractivity (Wildman–Crippen MR) is 130 cm³/mol. The Balaban J connectivity index is 1.46. The number of carboxylic acid groups (broad SMARTS) is 1. The SMILES string of the molecule is CCC(C)[C@H](NC(=O)OCC1=CC=C2Oc3ccccc3C3(OC(=O)c4ccccc43)C2C1=O)C(=O)O. The molecule has 4 atom stereocenters. The molecule has 5 rings (SSSR count). The number of alkyl carbamates (subject to hydrolysis) is 1. The second kappa shape index (κ2) is 9.24. The van der Waals surface area contributed by atoms with Gasteiger partial charge in [0.1, 0.15) is 30.1 Å². The van der Waals surface area contributed by atoms with Crippen LogP contribution in [-0.4, -0.2) is 41.6 Å². The van der Waals surface area contributed by atoms with Crippen molar-refractivity contribution in [2.75, 3.05) is 6.61 Å². The van der Waals surface area contributed by atoms with Gasteiger partial charge in [-0.15, -0.1) is 0 Å². The standard InChI is InChI=1S/C28H25NO8/c1-3-15(2)23(25(31)32)29-27(34)35-14-16-12-13-21-22(24(16)30)28(19-10-6-7-11-20(19)36-21)18-9-5-4-8-17(18)26(33)37-28/h4-13,15,22-23H,3,14H2,1-2H3,(H,29,34)(H,31,32)/t15?,22?,23-,28?/m0/s1. The highest BCUT2D eigenvalue weighted by Crippen LogP contribution is 2.56. The highest BCUT2D eigenvalue weighted by molar-refractivity contribution is 6.05. The number of nitrogens with one attached hydrogen (secondary N) is 1. The second-order valence-electron chi connectivity index (χ2n) is 9.25. The van der Waals surface area contributed by atoms with Gasteiger partial charge in [0.25, 0.3) is 0 Å². The molecule has 0 saturated heterocycles. The Labute approximate surface area is 212 Å². The van der Waals surface area contributed by atoms with Crippen molar-refractivity contribution in [1.29, 1.82) is 0 Å². The third-order valence-electron chi connectivity index (χ3n) is 7.15. The third-order valence-corrected chi connectivity index (χ3v) is 7.15. The van der Waals surface area contributed by atoms with Gasteiger partial charge < -0.3 is 24.6 Å². The lowest BCUT2D eigenvalue weighted by atomic mass is 9.69. The molecule has 2 heterocycles. The minimum absolute atomic E-state index is 0.155. The van der Waals surface area contributed by atoms with E-state index in [9.17, 15) is 24.3 Å². The first-order chi connectivity index (χ1) is 17.8. The molecule has 3 aliphatic rings. The fourth-order valence-electron chi connectivity index (χ4n) is 5.07. The topological polar surface area (TPSA) is 128 Å². The second-order valence-corrected chi connectivity index (χ2v) is 9.25. The number of allylic oxidation sites excluding steroid dienone is 2. The Morgan fingerprint density at radius 3 is 2.51 bits per heavy atom. The van der Waals surface area contributed by atoms with Crippen molar-refractivity contribution in [1.82, 2.24) is 5.32 Å². The molecule has 1 aliphatic carbocycles. The number of ketones is 1. The van der Waals surface area contributed by atoms with Crippen LogP contribution in [0.4, 0.5) is 4.79 Å². The zero-order valence-corrected chi connectivity index (χ0v) is 20.2. The van der Waals surface area contributed by atoms with Gasteiger partial charge in [-0.25, -0.2) is 14.4 Å². The molecule has 2 aliphatic heterocycles. The molecular weight excluding hydrogens is 478 g/mol. The summed E-state index contributed by atoms with van der Waals surface area (Å²) in [6.07, 6.45) is 2.69. The zero-order valence-electron chi connectivity index (χ0n) is 20.2. The van der Waals surface area contributed by atoms with E-state index in [1.165, 1.54) is 6.08 Å². The van der Waals surface area contributed by atoms with E-state index in [4.69, 9.17) is 14.2 Å². The lowest BCUT2D eigenvalue weighted by molar-refractivity contribution is -0.140. The maximum Gasteiger partial charge on any atom is 0.408 e. The molecule has 0 fully saturated rings. The molecule has 3 unspecified atom stereocenters. The molecule has 2 aromatic rings. The van der Waals surface area contributed by atoms with Gasteiger partial charge in [0.05, 0.1) is 5.56 Å². The Morgan fingerprint density at radius 1 is 1.08 bits per heavy atom. The van der Waals surface area contributed by atoms with Crippen LogP contribution in [0.25, 0.3) is 0 Å². The van der Waals surface area contributed by atoms with Gasteiger partial charge in [-0.3, -0.25) is 4.79 Å². The van der Waals surface area contributed by atoms with Crippen LogP contribution in [0.5, 0.6) is 5.75 Å². The third kappa shape index (κ3) is 3.87. The number of para-hydroxylation sites is 1. The number of Topliss-reactive ketones (excluding diaryl/α,β-unsaturated/α-hetero) is 1. The summed E-state index contributed by atoms with van der Waals surface area (Å²) in [4.78, 5) is 50.7. The number of carbonyl (C=O) groups is 4. The molecule has 0 saturated carbocycles. The lowest BCUT2D eigenvalue weighted by Gasteiger charge is -2.42. The van der Waals surface area contributed by atoms with Crippen LogP contribution < -0.4 is 10.1 Å². The van der Waals surface area contributed by atoms with Crippen molar-refractivity contribution < 1.29 is 38.5 Å². The van der Waals surface area contributed by atoms with E-state index in [-0.39, 0.29) is 11.5 Å². The van der Waals surface area contributed by atoms with Crippen LogP contribution in [0, 0.1) is 11.8 Å². The van der Waals surface area contributed by atoms with E-state index < -0.39 is 48.0 Å². The molecular formula is C28H25NO8. The zero-order chi connectivity index (χ0) is 26.3. The molecule has 2 aromatic carbocycles. The highest BCUT2D eigenvalue weighted by atomic mass is 16.6. The first-order valence-electron chi connectivity index (χ1n) is 12.0. The van der Waals surface area contributed by atoms with Gasteiger partial charge in [-0.1, -0.05) is 56.7 Å². The number of fused-ring (bicyclic) bond motifs is 6. The number of carboxylic acids is 1. The number of rotatable bonds is 6. The molecule has 37 heavy (non-hydrogen) atoms. The molecule has 1 amide bonds. The van der Waals surface area contributed by atoms with Crippen molar-refractivity contribution in [2.45, 2.75) is 31.9 Å². The number of esters is 1. The number of ether oxygens (including phenoxy) is 3. The quantitative estimate of drug-likeness (QED) is 0.571. The van der Waals surface area contributed by atoms with Crippen molar-refractivity contribution in [3.05, 3.63) is 88.7 Å². The monoisotopic (exact) mass is 503 g/mol. The maximum atomic E-state index is 13.9. The van der Waals surface area contributed by atoms with Gasteiger partial charge in [0.15, 0.2) is 11.4 Å². The summed E-state index contributed by atoms with van der Waals surface area (Å²) < 4.78 is 17.3. The minimum atomic E-state index is -1.45. The predicted octanol–water partition coefficient (Wildman–Crippen LogP) is 3.73. The Morgan fingerprint density at radius 2 is 1.78 bits per heavy atom.